The zero-order valence-corrected chi connectivity index (χ0v) is 13.1. The highest BCUT2D eigenvalue weighted by Crippen LogP contribution is 2.15. The van der Waals surface area contributed by atoms with Crippen LogP contribution >= 0.6 is 12.2 Å². The van der Waals surface area contributed by atoms with Crippen LogP contribution in [0.5, 0.6) is 0 Å². The first-order chi connectivity index (χ1) is 9.47. The number of carbonyl (C=O) groups is 1. The summed E-state index contributed by atoms with van der Waals surface area (Å²) in [5.74, 6) is -0.000463. The lowest BCUT2D eigenvalue weighted by Crippen LogP contribution is -2.36. The average Bonchev–Trinajstić information content (AvgIpc) is 2.41. The van der Waals surface area contributed by atoms with Gasteiger partial charge in [-0.25, -0.2) is 0 Å². The Morgan fingerprint density at radius 2 is 2.05 bits per heavy atom. The minimum atomic E-state index is -0.000463. The lowest BCUT2D eigenvalue weighted by atomic mass is 10.0. The first-order valence-corrected chi connectivity index (χ1v) is 7.01. The molecule has 0 unspecified atom stereocenters. The lowest BCUT2D eigenvalue weighted by molar-refractivity contribution is 0.0700. The maximum absolute atomic E-state index is 12.6. The van der Waals surface area contributed by atoms with Crippen molar-refractivity contribution in [1.82, 2.24) is 4.90 Å². The third-order valence-corrected chi connectivity index (χ3v) is 3.52. The quantitative estimate of drug-likeness (QED) is 0.782. The van der Waals surface area contributed by atoms with Crippen molar-refractivity contribution in [2.45, 2.75) is 20.3 Å². The number of rotatable bonds is 7. The number of hydrogen-bond donors (Lipinski definition) is 1. The predicted octanol–water partition coefficient (Wildman–Crippen LogP) is 2.07. The standard InChI is InChI=1S/C15H22N2O2S/c1-11-5-4-6-13(12(11)2)15(18)17(9-10-19-3)8-7-14(16)20/h4-6H,7-10H2,1-3H3,(H2,16,20). The second kappa shape index (κ2) is 7.97. The summed E-state index contributed by atoms with van der Waals surface area (Å²) in [6, 6.07) is 5.75. The summed E-state index contributed by atoms with van der Waals surface area (Å²) < 4.78 is 5.06. The van der Waals surface area contributed by atoms with Gasteiger partial charge in [0.2, 0.25) is 0 Å². The van der Waals surface area contributed by atoms with Crippen molar-refractivity contribution in [3.8, 4) is 0 Å². The zero-order valence-electron chi connectivity index (χ0n) is 12.3. The third-order valence-electron chi connectivity index (χ3n) is 3.32. The van der Waals surface area contributed by atoms with Crippen LogP contribution in [-0.4, -0.2) is 42.6 Å². The van der Waals surface area contributed by atoms with E-state index >= 15 is 0 Å². The highest BCUT2D eigenvalue weighted by Gasteiger charge is 2.18. The van der Waals surface area contributed by atoms with Gasteiger partial charge in [0, 0.05) is 32.2 Å². The van der Waals surface area contributed by atoms with Gasteiger partial charge < -0.3 is 15.4 Å². The molecule has 0 aromatic heterocycles. The number of ether oxygens (including phenoxy) is 1. The molecule has 0 radical (unpaired) electrons. The normalized spacial score (nSPS) is 10.3. The molecule has 0 saturated carbocycles. The number of aryl methyl sites for hydroxylation is 1. The fraction of sp³-hybridized carbons (Fsp3) is 0.467. The second-order valence-electron chi connectivity index (χ2n) is 4.75. The van der Waals surface area contributed by atoms with Gasteiger partial charge in [-0.2, -0.15) is 0 Å². The van der Waals surface area contributed by atoms with E-state index in [1.165, 1.54) is 0 Å². The fourth-order valence-corrected chi connectivity index (χ4v) is 2.01. The Balaban J connectivity index is 2.90. The largest absolute Gasteiger partial charge is 0.393 e. The zero-order chi connectivity index (χ0) is 15.1. The summed E-state index contributed by atoms with van der Waals surface area (Å²) in [7, 11) is 1.62. The minimum absolute atomic E-state index is 0.000463. The predicted molar refractivity (Wildman–Crippen MR) is 85.1 cm³/mol. The van der Waals surface area contributed by atoms with Gasteiger partial charge in [0.15, 0.2) is 0 Å². The molecule has 0 fully saturated rings. The first kappa shape index (κ1) is 16.6. The molecule has 0 atom stereocenters. The van der Waals surface area contributed by atoms with Gasteiger partial charge in [0.1, 0.15) is 0 Å². The maximum Gasteiger partial charge on any atom is 0.254 e. The van der Waals surface area contributed by atoms with Crippen molar-refractivity contribution < 1.29 is 9.53 Å². The number of thiocarbonyl (C=S) groups is 1. The van der Waals surface area contributed by atoms with Gasteiger partial charge in [-0.1, -0.05) is 24.4 Å². The summed E-state index contributed by atoms with van der Waals surface area (Å²) in [5, 5.41) is 0. The van der Waals surface area contributed by atoms with Crippen molar-refractivity contribution in [3.63, 3.8) is 0 Å². The van der Waals surface area contributed by atoms with Crippen LogP contribution in [0.25, 0.3) is 0 Å². The monoisotopic (exact) mass is 294 g/mol. The highest BCUT2D eigenvalue weighted by molar-refractivity contribution is 7.80. The van der Waals surface area contributed by atoms with Crippen molar-refractivity contribution in [1.29, 1.82) is 0 Å². The van der Waals surface area contributed by atoms with E-state index in [0.29, 0.717) is 31.1 Å². The molecule has 0 bridgehead atoms. The molecule has 2 N–H and O–H groups in total. The van der Waals surface area contributed by atoms with Gasteiger partial charge in [-0.15, -0.1) is 0 Å². The molecule has 0 heterocycles. The van der Waals surface area contributed by atoms with Gasteiger partial charge >= 0.3 is 0 Å². The Morgan fingerprint density at radius 3 is 2.65 bits per heavy atom. The molecule has 1 rings (SSSR count). The van der Waals surface area contributed by atoms with Crippen LogP contribution in [0.2, 0.25) is 0 Å². The van der Waals surface area contributed by atoms with Crippen LogP contribution < -0.4 is 5.73 Å². The fourth-order valence-electron chi connectivity index (χ4n) is 1.91. The van der Waals surface area contributed by atoms with E-state index in [9.17, 15) is 4.79 Å². The molecule has 0 saturated heterocycles. The van der Waals surface area contributed by atoms with Crippen LogP contribution in [0, 0.1) is 13.8 Å². The third kappa shape index (κ3) is 4.58. The number of carbonyl (C=O) groups excluding carboxylic acids is 1. The molecule has 1 amide bonds. The summed E-state index contributed by atoms with van der Waals surface area (Å²) in [4.78, 5) is 14.8. The van der Waals surface area contributed by atoms with E-state index in [-0.39, 0.29) is 5.91 Å². The number of nitrogens with zero attached hydrogens (tertiary/aromatic N) is 1. The Hall–Kier alpha value is -1.46. The summed E-state index contributed by atoms with van der Waals surface area (Å²) in [5.41, 5.74) is 8.37. The maximum atomic E-state index is 12.6. The van der Waals surface area contributed by atoms with Crippen LogP contribution in [-0.2, 0) is 4.74 Å². The number of nitrogens with two attached hydrogens (primary N) is 1. The van der Waals surface area contributed by atoms with Crippen molar-refractivity contribution in [3.05, 3.63) is 34.9 Å². The van der Waals surface area contributed by atoms with Crippen LogP contribution in [0.1, 0.15) is 27.9 Å². The molecule has 5 heteroatoms. The Labute approximate surface area is 125 Å². The van der Waals surface area contributed by atoms with E-state index in [1.54, 1.807) is 12.0 Å². The van der Waals surface area contributed by atoms with Gasteiger partial charge in [-0.3, -0.25) is 4.79 Å². The summed E-state index contributed by atoms with van der Waals surface area (Å²) >= 11 is 4.88. The molecule has 0 aliphatic rings. The molecule has 0 aliphatic heterocycles. The van der Waals surface area contributed by atoms with Gasteiger partial charge in [0.05, 0.1) is 11.6 Å². The van der Waals surface area contributed by atoms with Crippen LogP contribution in [0.4, 0.5) is 0 Å². The minimum Gasteiger partial charge on any atom is -0.393 e. The lowest BCUT2D eigenvalue weighted by Gasteiger charge is -2.23. The summed E-state index contributed by atoms with van der Waals surface area (Å²) in [6.07, 6.45) is 0.523. The topological polar surface area (TPSA) is 55.6 Å². The van der Waals surface area contributed by atoms with E-state index in [1.807, 2.05) is 32.0 Å². The van der Waals surface area contributed by atoms with Gasteiger partial charge in [0.25, 0.3) is 5.91 Å². The number of methoxy groups -OCH3 is 1. The molecule has 0 spiro atoms. The number of hydrogen-bond acceptors (Lipinski definition) is 3. The molecule has 110 valence electrons. The van der Waals surface area contributed by atoms with Crippen molar-refractivity contribution >= 4 is 23.1 Å². The highest BCUT2D eigenvalue weighted by atomic mass is 32.1. The van der Waals surface area contributed by atoms with Crippen LogP contribution in [0.3, 0.4) is 0 Å². The molecular formula is C15H22N2O2S. The van der Waals surface area contributed by atoms with E-state index in [0.717, 1.165) is 16.7 Å². The second-order valence-corrected chi connectivity index (χ2v) is 5.27. The smallest absolute Gasteiger partial charge is 0.254 e. The summed E-state index contributed by atoms with van der Waals surface area (Å²) in [6.45, 7) is 5.51. The van der Waals surface area contributed by atoms with E-state index in [2.05, 4.69) is 0 Å². The number of amides is 1. The molecule has 1 aromatic rings. The van der Waals surface area contributed by atoms with Gasteiger partial charge in [-0.05, 0) is 31.0 Å². The van der Waals surface area contributed by atoms with E-state index < -0.39 is 0 Å². The Morgan fingerprint density at radius 1 is 1.35 bits per heavy atom. The Kier molecular flexibility index (Phi) is 6.61. The average molecular weight is 294 g/mol. The first-order valence-electron chi connectivity index (χ1n) is 6.60. The van der Waals surface area contributed by atoms with Crippen LogP contribution in [0.15, 0.2) is 18.2 Å². The number of benzene rings is 1. The van der Waals surface area contributed by atoms with Crippen molar-refractivity contribution in [2.24, 2.45) is 5.73 Å². The molecule has 4 nitrogen and oxygen atoms in total. The molecule has 0 aliphatic carbocycles. The molecular weight excluding hydrogens is 272 g/mol. The molecule has 20 heavy (non-hydrogen) atoms. The molecule has 1 aromatic carbocycles. The van der Waals surface area contributed by atoms with Crippen molar-refractivity contribution in [2.75, 3.05) is 26.8 Å². The van der Waals surface area contributed by atoms with E-state index in [4.69, 9.17) is 22.7 Å². The Bertz CT molecular complexity index is 489. The SMILES string of the molecule is COCCN(CCC(N)=S)C(=O)c1cccc(C)c1C.